The molecule has 2 rings (SSSR count). The van der Waals surface area contributed by atoms with Gasteiger partial charge in [0.25, 0.3) is 0 Å². The highest BCUT2D eigenvalue weighted by Crippen LogP contribution is 2.09. The first-order chi connectivity index (χ1) is 9.06. The number of benzene rings is 1. The lowest BCUT2D eigenvalue weighted by Crippen LogP contribution is -2.50. The Morgan fingerprint density at radius 3 is 2.32 bits per heavy atom. The Morgan fingerprint density at radius 2 is 1.74 bits per heavy atom. The summed E-state index contributed by atoms with van der Waals surface area (Å²) in [5, 5.41) is 0. The summed E-state index contributed by atoms with van der Waals surface area (Å²) >= 11 is 0. The Morgan fingerprint density at radius 1 is 1.11 bits per heavy atom. The van der Waals surface area contributed by atoms with Gasteiger partial charge in [-0.15, -0.1) is 0 Å². The molecule has 1 saturated heterocycles. The molecule has 0 bridgehead atoms. The molecule has 19 heavy (non-hydrogen) atoms. The van der Waals surface area contributed by atoms with E-state index < -0.39 is 0 Å². The average molecular weight is 260 g/mol. The van der Waals surface area contributed by atoms with Crippen molar-refractivity contribution in [3.63, 3.8) is 0 Å². The van der Waals surface area contributed by atoms with Crippen LogP contribution in [0.2, 0.25) is 0 Å². The van der Waals surface area contributed by atoms with Crippen molar-refractivity contribution in [1.82, 2.24) is 9.80 Å². The molecule has 0 aromatic heterocycles. The monoisotopic (exact) mass is 260 g/mol. The van der Waals surface area contributed by atoms with E-state index in [4.69, 9.17) is 0 Å². The Hall–Kier alpha value is -1.84. The van der Waals surface area contributed by atoms with E-state index in [0.29, 0.717) is 32.6 Å². The van der Waals surface area contributed by atoms with Crippen LogP contribution in [-0.2, 0) is 16.0 Å². The predicted molar refractivity (Wildman–Crippen MR) is 73.7 cm³/mol. The summed E-state index contributed by atoms with van der Waals surface area (Å²) in [6.07, 6.45) is 0.446. The quantitative estimate of drug-likeness (QED) is 0.802. The summed E-state index contributed by atoms with van der Waals surface area (Å²) in [7, 11) is 0. The van der Waals surface area contributed by atoms with E-state index in [-0.39, 0.29) is 11.8 Å². The molecule has 0 radical (unpaired) electrons. The van der Waals surface area contributed by atoms with Crippen LogP contribution in [0.1, 0.15) is 18.1 Å². The Bertz CT molecular complexity index is 477. The minimum absolute atomic E-state index is 0.0887. The van der Waals surface area contributed by atoms with Crippen molar-refractivity contribution >= 4 is 11.8 Å². The van der Waals surface area contributed by atoms with Crippen LogP contribution in [-0.4, -0.2) is 47.8 Å². The normalized spacial score (nSPS) is 15.5. The fourth-order valence-electron chi connectivity index (χ4n) is 2.38. The highest BCUT2D eigenvalue weighted by atomic mass is 16.2. The number of carbonyl (C=O) groups is 2. The molecule has 2 amide bonds. The van der Waals surface area contributed by atoms with Crippen LogP contribution in [0.5, 0.6) is 0 Å². The zero-order chi connectivity index (χ0) is 13.8. The van der Waals surface area contributed by atoms with Gasteiger partial charge >= 0.3 is 0 Å². The van der Waals surface area contributed by atoms with Crippen molar-refractivity contribution in [3.8, 4) is 0 Å². The molecular weight excluding hydrogens is 240 g/mol. The Balaban J connectivity index is 1.90. The maximum atomic E-state index is 12.2. The molecule has 0 unspecified atom stereocenters. The second-order valence-corrected chi connectivity index (χ2v) is 5.05. The molecule has 1 aromatic carbocycles. The van der Waals surface area contributed by atoms with Gasteiger partial charge in [0.05, 0.1) is 6.42 Å². The van der Waals surface area contributed by atoms with Crippen molar-refractivity contribution in [1.29, 1.82) is 0 Å². The van der Waals surface area contributed by atoms with Crippen LogP contribution in [0.25, 0.3) is 0 Å². The highest BCUT2D eigenvalue weighted by Gasteiger charge is 2.22. The summed E-state index contributed by atoms with van der Waals surface area (Å²) in [5.74, 6) is 0.236. The lowest BCUT2D eigenvalue weighted by Gasteiger charge is -2.34. The van der Waals surface area contributed by atoms with Crippen LogP contribution < -0.4 is 0 Å². The first-order valence-corrected chi connectivity index (χ1v) is 6.65. The van der Waals surface area contributed by atoms with E-state index in [1.807, 2.05) is 36.1 Å². The first kappa shape index (κ1) is 13.6. The molecule has 0 saturated carbocycles. The first-order valence-electron chi connectivity index (χ1n) is 6.65. The topological polar surface area (TPSA) is 40.6 Å². The molecule has 1 aromatic rings. The zero-order valence-corrected chi connectivity index (χ0v) is 11.6. The van der Waals surface area contributed by atoms with Gasteiger partial charge in [0, 0.05) is 33.1 Å². The SMILES string of the molecule is CC(=O)N1CCN(C(=O)Cc2cccc(C)c2)CC1. The van der Waals surface area contributed by atoms with Crippen molar-refractivity contribution in [2.75, 3.05) is 26.2 Å². The highest BCUT2D eigenvalue weighted by molar-refractivity contribution is 5.79. The summed E-state index contributed by atoms with van der Waals surface area (Å²) in [5.41, 5.74) is 2.23. The number of hydrogen-bond donors (Lipinski definition) is 0. The molecule has 1 fully saturated rings. The molecule has 0 N–H and O–H groups in total. The van der Waals surface area contributed by atoms with Crippen LogP contribution in [0.3, 0.4) is 0 Å². The fraction of sp³-hybridized carbons (Fsp3) is 0.467. The molecule has 0 atom stereocenters. The molecule has 1 heterocycles. The van der Waals surface area contributed by atoms with Gasteiger partial charge < -0.3 is 9.80 Å². The van der Waals surface area contributed by atoms with E-state index in [1.54, 1.807) is 11.8 Å². The van der Waals surface area contributed by atoms with E-state index in [9.17, 15) is 9.59 Å². The Kier molecular flexibility index (Phi) is 4.20. The minimum Gasteiger partial charge on any atom is -0.339 e. The van der Waals surface area contributed by atoms with Gasteiger partial charge in [-0.05, 0) is 12.5 Å². The van der Waals surface area contributed by atoms with Gasteiger partial charge in [-0.25, -0.2) is 0 Å². The Labute approximate surface area is 114 Å². The molecule has 0 spiro atoms. The van der Waals surface area contributed by atoms with E-state index in [1.165, 1.54) is 5.56 Å². The number of hydrogen-bond acceptors (Lipinski definition) is 2. The molecule has 4 heteroatoms. The van der Waals surface area contributed by atoms with Crippen molar-refractivity contribution in [3.05, 3.63) is 35.4 Å². The second-order valence-electron chi connectivity index (χ2n) is 5.05. The molecule has 0 aliphatic carbocycles. The molecule has 4 nitrogen and oxygen atoms in total. The van der Waals surface area contributed by atoms with Gasteiger partial charge in [0.2, 0.25) is 11.8 Å². The fourth-order valence-corrected chi connectivity index (χ4v) is 2.38. The van der Waals surface area contributed by atoms with E-state index in [2.05, 4.69) is 0 Å². The third-order valence-electron chi connectivity index (χ3n) is 3.52. The number of rotatable bonds is 2. The van der Waals surface area contributed by atoms with E-state index >= 15 is 0 Å². The van der Waals surface area contributed by atoms with Crippen LogP contribution >= 0.6 is 0 Å². The predicted octanol–water partition coefficient (Wildman–Crippen LogP) is 1.23. The number of nitrogens with zero attached hydrogens (tertiary/aromatic N) is 2. The number of aryl methyl sites for hydroxylation is 1. The van der Waals surface area contributed by atoms with Crippen molar-refractivity contribution < 1.29 is 9.59 Å². The van der Waals surface area contributed by atoms with Crippen molar-refractivity contribution in [2.45, 2.75) is 20.3 Å². The molecule has 102 valence electrons. The third kappa shape index (κ3) is 3.56. The average Bonchev–Trinajstić information content (AvgIpc) is 2.39. The van der Waals surface area contributed by atoms with E-state index in [0.717, 1.165) is 5.56 Å². The van der Waals surface area contributed by atoms with Gasteiger partial charge in [0.1, 0.15) is 0 Å². The number of piperazine rings is 1. The maximum absolute atomic E-state index is 12.2. The smallest absolute Gasteiger partial charge is 0.227 e. The summed E-state index contributed by atoms with van der Waals surface area (Å²) in [6.45, 7) is 6.18. The lowest BCUT2D eigenvalue weighted by atomic mass is 10.1. The lowest BCUT2D eigenvalue weighted by molar-refractivity contribution is -0.138. The van der Waals surface area contributed by atoms with Gasteiger partial charge in [-0.2, -0.15) is 0 Å². The number of carbonyl (C=O) groups excluding carboxylic acids is 2. The van der Waals surface area contributed by atoms with Crippen LogP contribution in [0.15, 0.2) is 24.3 Å². The van der Waals surface area contributed by atoms with Gasteiger partial charge in [-0.1, -0.05) is 29.8 Å². The molecule has 1 aliphatic heterocycles. The molecular formula is C15H20N2O2. The summed E-state index contributed by atoms with van der Waals surface area (Å²) in [6, 6.07) is 8.03. The largest absolute Gasteiger partial charge is 0.339 e. The summed E-state index contributed by atoms with van der Waals surface area (Å²) in [4.78, 5) is 27.0. The third-order valence-corrected chi connectivity index (χ3v) is 3.52. The zero-order valence-electron chi connectivity index (χ0n) is 11.6. The standard InChI is InChI=1S/C15H20N2O2/c1-12-4-3-5-14(10-12)11-15(19)17-8-6-16(7-9-17)13(2)18/h3-5,10H,6-9,11H2,1-2H3. The minimum atomic E-state index is 0.0887. The van der Waals surface area contributed by atoms with Gasteiger partial charge in [-0.3, -0.25) is 9.59 Å². The molecule has 1 aliphatic rings. The van der Waals surface area contributed by atoms with Gasteiger partial charge in [0.15, 0.2) is 0 Å². The van der Waals surface area contributed by atoms with Crippen molar-refractivity contribution in [2.24, 2.45) is 0 Å². The summed E-state index contributed by atoms with van der Waals surface area (Å²) < 4.78 is 0. The van der Waals surface area contributed by atoms with Crippen LogP contribution in [0, 0.1) is 6.92 Å². The second kappa shape index (κ2) is 5.87. The van der Waals surface area contributed by atoms with Crippen LogP contribution in [0.4, 0.5) is 0 Å². The number of amides is 2. The maximum Gasteiger partial charge on any atom is 0.227 e.